The van der Waals surface area contributed by atoms with Gasteiger partial charge >= 0.3 is 5.97 Å². The van der Waals surface area contributed by atoms with Crippen LogP contribution in [0.3, 0.4) is 0 Å². The van der Waals surface area contributed by atoms with Crippen LogP contribution in [-0.2, 0) is 11.3 Å². The summed E-state index contributed by atoms with van der Waals surface area (Å²) in [5.41, 5.74) is 2.85. The Labute approximate surface area is 153 Å². The molecule has 0 amide bonds. The highest BCUT2D eigenvalue weighted by molar-refractivity contribution is 5.69. The number of carboxylic acid groups (broad SMARTS) is 1. The van der Waals surface area contributed by atoms with Crippen molar-refractivity contribution >= 4 is 5.97 Å². The lowest BCUT2D eigenvalue weighted by Crippen LogP contribution is -2.33. The molecule has 0 spiro atoms. The molecule has 1 atom stereocenters. The van der Waals surface area contributed by atoms with Crippen LogP contribution in [0.15, 0.2) is 42.5 Å². The first-order valence-electron chi connectivity index (χ1n) is 8.97. The number of piperidine rings is 1. The van der Waals surface area contributed by atoms with Crippen LogP contribution in [0, 0.1) is 11.7 Å². The molecule has 1 aliphatic rings. The third-order valence-corrected chi connectivity index (χ3v) is 4.72. The molecule has 1 saturated heterocycles. The van der Waals surface area contributed by atoms with Crippen molar-refractivity contribution in [3.63, 3.8) is 0 Å². The van der Waals surface area contributed by atoms with Gasteiger partial charge in [0, 0.05) is 18.7 Å². The predicted octanol–water partition coefficient (Wildman–Crippen LogP) is 4.19. The lowest BCUT2D eigenvalue weighted by molar-refractivity contribution is -0.139. The Morgan fingerprint density at radius 2 is 1.96 bits per heavy atom. The fourth-order valence-corrected chi connectivity index (χ4v) is 3.48. The van der Waals surface area contributed by atoms with Crippen LogP contribution < -0.4 is 4.74 Å². The van der Waals surface area contributed by atoms with Gasteiger partial charge in [0.15, 0.2) is 6.61 Å². The number of nitrogens with zero attached hydrogens (tertiary/aromatic N) is 1. The summed E-state index contributed by atoms with van der Waals surface area (Å²) in [5.74, 6) is -0.00764. The highest BCUT2D eigenvalue weighted by atomic mass is 19.1. The Hall–Kier alpha value is -2.40. The highest BCUT2D eigenvalue weighted by Crippen LogP contribution is 2.29. The van der Waals surface area contributed by atoms with E-state index >= 15 is 0 Å². The molecular weight excluding hydrogens is 333 g/mol. The van der Waals surface area contributed by atoms with E-state index in [1.54, 1.807) is 12.1 Å². The number of carbonyl (C=O) groups is 1. The molecule has 0 aromatic heterocycles. The molecule has 0 bridgehead atoms. The van der Waals surface area contributed by atoms with E-state index in [1.807, 2.05) is 18.2 Å². The van der Waals surface area contributed by atoms with Crippen molar-refractivity contribution < 1.29 is 19.0 Å². The molecule has 5 heteroatoms. The van der Waals surface area contributed by atoms with Gasteiger partial charge in [-0.15, -0.1) is 0 Å². The van der Waals surface area contributed by atoms with Crippen LogP contribution in [0.4, 0.5) is 4.39 Å². The molecule has 4 nitrogen and oxygen atoms in total. The van der Waals surface area contributed by atoms with E-state index in [4.69, 9.17) is 9.84 Å². The molecule has 2 aromatic rings. The maximum Gasteiger partial charge on any atom is 0.341 e. The molecule has 1 heterocycles. The first-order valence-corrected chi connectivity index (χ1v) is 8.97. The largest absolute Gasteiger partial charge is 0.482 e. The summed E-state index contributed by atoms with van der Waals surface area (Å²) in [6, 6.07) is 12.1. The lowest BCUT2D eigenvalue weighted by Gasteiger charge is -2.31. The molecule has 1 N–H and O–H groups in total. The topological polar surface area (TPSA) is 49.8 Å². The molecule has 0 radical (unpaired) electrons. The SMILES string of the molecule is C[C@H]1CCCN(Cc2cc(-c3ccc(F)cc3)ccc2OCC(=O)O)C1. The van der Waals surface area contributed by atoms with Crippen LogP contribution >= 0.6 is 0 Å². The Balaban J connectivity index is 1.86. The summed E-state index contributed by atoms with van der Waals surface area (Å²) >= 11 is 0. The van der Waals surface area contributed by atoms with Crippen molar-refractivity contribution in [3.05, 3.63) is 53.8 Å². The third kappa shape index (κ3) is 4.82. The van der Waals surface area contributed by atoms with Crippen LogP contribution in [0.5, 0.6) is 5.75 Å². The zero-order valence-electron chi connectivity index (χ0n) is 15.0. The number of ether oxygens (including phenoxy) is 1. The molecule has 1 fully saturated rings. The van der Waals surface area contributed by atoms with Gasteiger partial charge in [-0.25, -0.2) is 9.18 Å². The first-order chi connectivity index (χ1) is 12.5. The van der Waals surface area contributed by atoms with Gasteiger partial charge in [0.2, 0.25) is 0 Å². The number of rotatable bonds is 6. The summed E-state index contributed by atoms with van der Waals surface area (Å²) in [6.07, 6.45) is 2.42. The minimum Gasteiger partial charge on any atom is -0.482 e. The number of hydrogen-bond acceptors (Lipinski definition) is 3. The monoisotopic (exact) mass is 357 g/mol. The smallest absolute Gasteiger partial charge is 0.341 e. The summed E-state index contributed by atoms with van der Waals surface area (Å²) < 4.78 is 18.7. The zero-order valence-corrected chi connectivity index (χ0v) is 15.0. The third-order valence-electron chi connectivity index (χ3n) is 4.72. The van der Waals surface area contributed by atoms with Gasteiger partial charge in [-0.2, -0.15) is 0 Å². The Bertz CT molecular complexity index is 760. The standard InChI is InChI=1S/C21H24FNO3/c1-15-3-2-10-23(12-15)13-18-11-17(16-4-7-19(22)8-5-16)6-9-20(18)26-14-21(24)25/h4-9,11,15H,2-3,10,12-14H2,1H3,(H,24,25)/t15-/m0/s1. The number of likely N-dealkylation sites (tertiary alicyclic amines) is 1. The molecule has 3 rings (SSSR count). The molecule has 0 aliphatic carbocycles. The van der Waals surface area contributed by atoms with Gasteiger partial charge in [0.25, 0.3) is 0 Å². The van der Waals surface area contributed by atoms with Gasteiger partial charge in [0.05, 0.1) is 0 Å². The average molecular weight is 357 g/mol. The molecule has 0 unspecified atom stereocenters. The highest BCUT2D eigenvalue weighted by Gasteiger charge is 2.18. The van der Waals surface area contributed by atoms with E-state index in [2.05, 4.69) is 11.8 Å². The number of hydrogen-bond donors (Lipinski definition) is 1. The quantitative estimate of drug-likeness (QED) is 0.842. The van der Waals surface area contributed by atoms with Gasteiger partial charge in [-0.05, 0) is 60.7 Å². The van der Waals surface area contributed by atoms with Crippen molar-refractivity contribution in [2.75, 3.05) is 19.7 Å². The van der Waals surface area contributed by atoms with E-state index in [0.29, 0.717) is 18.2 Å². The Kier molecular flexibility index (Phi) is 5.89. The van der Waals surface area contributed by atoms with Crippen molar-refractivity contribution in [1.82, 2.24) is 4.90 Å². The van der Waals surface area contributed by atoms with Gasteiger partial charge in [0.1, 0.15) is 11.6 Å². The van der Waals surface area contributed by atoms with E-state index < -0.39 is 5.97 Å². The zero-order chi connectivity index (χ0) is 18.5. The molecule has 26 heavy (non-hydrogen) atoms. The molecule has 0 saturated carbocycles. The average Bonchev–Trinajstić information content (AvgIpc) is 2.61. The Morgan fingerprint density at radius 3 is 2.65 bits per heavy atom. The van der Waals surface area contributed by atoms with Crippen LogP contribution in [0.25, 0.3) is 11.1 Å². The lowest BCUT2D eigenvalue weighted by atomic mass is 9.98. The number of aliphatic carboxylic acids is 1. The summed E-state index contributed by atoms with van der Waals surface area (Å²) in [6.45, 7) is 4.67. The minimum absolute atomic E-state index is 0.266. The fourth-order valence-electron chi connectivity index (χ4n) is 3.48. The van der Waals surface area contributed by atoms with Crippen molar-refractivity contribution in [3.8, 4) is 16.9 Å². The van der Waals surface area contributed by atoms with Gasteiger partial charge in [-0.3, -0.25) is 4.90 Å². The summed E-state index contributed by atoms with van der Waals surface area (Å²) in [5, 5.41) is 8.91. The summed E-state index contributed by atoms with van der Waals surface area (Å²) in [4.78, 5) is 13.2. The van der Waals surface area contributed by atoms with E-state index in [9.17, 15) is 9.18 Å². The molecule has 2 aromatic carbocycles. The van der Waals surface area contributed by atoms with Crippen molar-refractivity contribution in [2.24, 2.45) is 5.92 Å². The molecule has 138 valence electrons. The van der Waals surface area contributed by atoms with Crippen molar-refractivity contribution in [1.29, 1.82) is 0 Å². The number of carboxylic acids is 1. The van der Waals surface area contributed by atoms with E-state index in [0.717, 1.165) is 29.8 Å². The second kappa shape index (κ2) is 8.32. The van der Waals surface area contributed by atoms with E-state index in [-0.39, 0.29) is 12.4 Å². The maximum absolute atomic E-state index is 13.2. The molecule has 1 aliphatic heterocycles. The number of halogens is 1. The van der Waals surface area contributed by atoms with Crippen molar-refractivity contribution in [2.45, 2.75) is 26.3 Å². The minimum atomic E-state index is -0.995. The van der Waals surface area contributed by atoms with Crippen LogP contribution in [0.2, 0.25) is 0 Å². The summed E-state index contributed by atoms with van der Waals surface area (Å²) in [7, 11) is 0. The predicted molar refractivity (Wildman–Crippen MR) is 98.6 cm³/mol. The van der Waals surface area contributed by atoms with Crippen LogP contribution in [0.1, 0.15) is 25.3 Å². The Morgan fingerprint density at radius 1 is 1.23 bits per heavy atom. The van der Waals surface area contributed by atoms with Gasteiger partial charge in [-0.1, -0.05) is 25.1 Å². The maximum atomic E-state index is 13.2. The van der Waals surface area contributed by atoms with Crippen LogP contribution in [-0.4, -0.2) is 35.7 Å². The normalized spacial score (nSPS) is 17.8. The first kappa shape index (κ1) is 18.4. The second-order valence-corrected chi connectivity index (χ2v) is 6.99. The fraction of sp³-hybridized carbons (Fsp3) is 0.381. The van der Waals surface area contributed by atoms with E-state index in [1.165, 1.54) is 25.0 Å². The van der Waals surface area contributed by atoms with Gasteiger partial charge < -0.3 is 9.84 Å². The molecular formula is C21H24FNO3. The second-order valence-electron chi connectivity index (χ2n) is 6.99. The number of benzene rings is 2.